The number of fused-ring (bicyclic) bond motifs is 1. The zero-order valence-corrected chi connectivity index (χ0v) is 11.9. The van der Waals surface area contributed by atoms with Crippen LogP contribution in [0.5, 0.6) is 17.2 Å². The second kappa shape index (κ2) is 5.69. The number of carbonyl (C=O) groups excluding carboxylic acids is 1. The zero-order chi connectivity index (χ0) is 14.7. The Morgan fingerprint density at radius 2 is 1.30 bits per heavy atom. The highest BCUT2D eigenvalue weighted by Crippen LogP contribution is 2.45. The topological polar surface area (TPSA) is 54.0 Å². The summed E-state index contributed by atoms with van der Waals surface area (Å²) in [6, 6.07) is 7.46. The fourth-order valence-electron chi connectivity index (χ4n) is 2.25. The molecule has 0 saturated carbocycles. The summed E-state index contributed by atoms with van der Waals surface area (Å²) in [4.78, 5) is 12.0. The van der Waals surface area contributed by atoms with Crippen molar-refractivity contribution in [2.75, 3.05) is 28.4 Å². The maximum Gasteiger partial charge on any atom is 0.345 e. The van der Waals surface area contributed by atoms with Gasteiger partial charge in [0.1, 0.15) is 11.3 Å². The lowest BCUT2D eigenvalue weighted by atomic mass is 10.0. The molecular formula is C15H16O5. The van der Waals surface area contributed by atoms with Crippen molar-refractivity contribution < 1.29 is 23.7 Å². The first-order valence-electron chi connectivity index (χ1n) is 5.98. The van der Waals surface area contributed by atoms with Gasteiger partial charge in [-0.15, -0.1) is 0 Å². The van der Waals surface area contributed by atoms with Crippen LogP contribution in [0.1, 0.15) is 10.4 Å². The summed E-state index contributed by atoms with van der Waals surface area (Å²) in [6.45, 7) is 0. The lowest BCUT2D eigenvalue weighted by Gasteiger charge is -2.18. The molecule has 0 aliphatic carbocycles. The monoisotopic (exact) mass is 276 g/mol. The van der Waals surface area contributed by atoms with Crippen molar-refractivity contribution in [1.82, 2.24) is 0 Å². The standard InChI is InChI=1S/C15H16O5/c1-17-12-9-7-5-6-8-10(9)13(18-2)14(19-3)11(12)15(16)20-4/h5-8H,1-4H3. The van der Waals surface area contributed by atoms with Gasteiger partial charge < -0.3 is 18.9 Å². The molecule has 0 amide bonds. The minimum Gasteiger partial charge on any atom is -0.495 e. The SMILES string of the molecule is COC(=O)c1c(OC)c(OC)c2ccccc2c1OC. The summed E-state index contributed by atoms with van der Waals surface area (Å²) in [5, 5.41) is 1.56. The van der Waals surface area contributed by atoms with E-state index >= 15 is 0 Å². The van der Waals surface area contributed by atoms with Crippen molar-refractivity contribution in [3.8, 4) is 17.2 Å². The average molecular weight is 276 g/mol. The Balaban J connectivity index is 2.97. The lowest BCUT2D eigenvalue weighted by Crippen LogP contribution is -2.08. The average Bonchev–Trinajstić information content (AvgIpc) is 2.51. The number of carbonyl (C=O) groups is 1. The van der Waals surface area contributed by atoms with Crippen molar-refractivity contribution >= 4 is 16.7 Å². The van der Waals surface area contributed by atoms with E-state index in [1.54, 1.807) is 0 Å². The molecule has 0 fully saturated rings. The van der Waals surface area contributed by atoms with Gasteiger partial charge in [-0.3, -0.25) is 0 Å². The molecule has 2 rings (SSSR count). The quantitative estimate of drug-likeness (QED) is 0.803. The molecule has 0 radical (unpaired) electrons. The van der Waals surface area contributed by atoms with Crippen LogP contribution < -0.4 is 14.2 Å². The molecule has 0 aromatic heterocycles. The second-order valence-electron chi connectivity index (χ2n) is 4.01. The molecule has 5 heteroatoms. The van der Waals surface area contributed by atoms with Gasteiger partial charge in [-0.2, -0.15) is 0 Å². The molecule has 0 heterocycles. The Hall–Kier alpha value is -2.43. The third kappa shape index (κ3) is 2.01. The van der Waals surface area contributed by atoms with E-state index in [0.717, 1.165) is 10.8 Å². The summed E-state index contributed by atoms with van der Waals surface area (Å²) in [6.07, 6.45) is 0. The summed E-state index contributed by atoms with van der Waals surface area (Å²) in [5.74, 6) is 0.645. The first-order valence-corrected chi connectivity index (χ1v) is 5.98. The van der Waals surface area contributed by atoms with Crippen LogP contribution in [0.25, 0.3) is 10.8 Å². The van der Waals surface area contributed by atoms with Gasteiger partial charge >= 0.3 is 5.97 Å². The molecule has 0 N–H and O–H groups in total. The predicted octanol–water partition coefficient (Wildman–Crippen LogP) is 2.65. The van der Waals surface area contributed by atoms with Gasteiger partial charge in [0.15, 0.2) is 11.5 Å². The number of esters is 1. The molecule has 0 bridgehead atoms. The molecule has 20 heavy (non-hydrogen) atoms. The van der Waals surface area contributed by atoms with E-state index in [4.69, 9.17) is 18.9 Å². The zero-order valence-electron chi connectivity index (χ0n) is 11.9. The molecule has 5 nitrogen and oxygen atoms in total. The van der Waals surface area contributed by atoms with E-state index in [9.17, 15) is 4.79 Å². The lowest BCUT2D eigenvalue weighted by molar-refractivity contribution is 0.0593. The highest BCUT2D eigenvalue weighted by Gasteiger charge is 2.27. The highest BCUT2D eigenvalue weighted by molar-refractivity contribution is 6.07. The number of methoxy groups -OCH3 is 4. The Morgan fingerprint density at radius 3 is 1.75 bits per heavy atom. The van der Waals surface area contributed by atoms with Gasteiger partial charge in [0, 0.05) is 10.8 Å². The molecule has 106 valence electrons. The van der Waals surface area contributed by atoms with Gasteiger partial charge in [-0.05, 0) is 0 Å². The van der Waals surface area contributed by atoms with Gasteiger partial charge in [0.2, 0.25) is 0 Å². The van der Waals surface area contributed by atoms with Crippen LogP contribution in [0.4, 0.5) is 0 Å². The van der Waals surface area contributed by atoms with Crippen LogP contribution in [0.15, 0.2) is 24.3 Å². The number of rotatable bonds is 4. The molecule has 0 spiro atoms. The maximum atomic E-state index is 12.0. The van der Waals surface area contributed by atoms with E-state index in [1.165, 1.54) is 28.4 Å². The minimum atomic E-state index is -0.539. The third-order valence-electron chi connectivity index (χ3n) is 3.08. The molecular weight excluding hydrogens is 260 g/mol. The molecule has 0 aliphatic heterocycles. The van der Waals surface area contributed by atoms with Crippen molar-refractivity contribution in [2.24, 2.45) is 0 Å². The first-order chi connectivity index (χ1) is 9.69. The second-order valence-corrected chi connectivity index (χ2v) is 4.01. The molecule has 2 aromatic carbocycles. The van der Waals surface area contributed by atoms with Crippen LogP contribution in [-0.4, -0.2) is 34.4 Å². The van der Waals surface area contributed by atoms with E-state index in [1.807, 2.05) is 24.3 Å². The summed E-state index contributed by atoms with van der Waals surface area (Å²) >= 11 is 0. The maximum absolute atomic E-state index is 12.0. The van der Waals surface area contributed by atoms with E-state index in [0.29, 0.717) is 17.2 Å². The van der Waals surface area contributed by atoms with Crippen LogP contribution in [0.2, 0.25) is 0 Å². The van der Waals surface area contributed by atoms with Crippen LogP contribution in [0.3, 0.4) is 0 Å². The van der Waals surface area contributed by atoms with Gasteiger partial charge in [0.05, 0.1) is 28.4 Å². The fourth-order valence-corrected chi connectivity index (χ4v) is 2.25. The van der Waals surface area contributed by atoms with E-state index < -0.39 is 5.97 Å². The summed E-state index contributed by atoms with van der Waals surface area (Å²) in [5.41, 5.74) is 0.216. The molecule has 2 aromatic rings. The van der Waals surface area contributed by atoms with Gasteiger partial charge in [0.25, 0.3) is 0 Å². The third-order valence-corrected chi connectivity index (χ3v) is 3.08. The normalized spacial score (nSPS) is 10.2. The van der Waals surface area contributed by atoms with Gasteiger partial charge in [-0.1, -0.05) is 24.3 Å². The Bertz CT molecular complexity index is 648. The van der Waals surface area contributed by atoms with E-state index in [-0.39, 0.29) is 5.56 Å². The minimum absolute atomic E-state index is 0.216. The molecule has 0 atom stereocenters. The van der Waals surface area contributed by atoms with Crippen molar-refractivity contribution in [1.29, 1.82) is 0 Å². The van der Waals surface area contributed by atoms with Crippen molar-refractivity contribution in [3.63, 3.8) is 0 Å². The molecule has 0 saturated heterocycles. The largest absolute Gasteiger partial charge is 0.495 e. The Kier molecular flexibility index (Phi) is 3.98. The molecule has 0 aliphatic rings. The van der Waals surface area contributed by atoms with E-state index in [2.05, 4.69) is 0 Å². The van der Waals surface area contributed by atoms with Crippen LogP contribution in [-0.2, 0) is 4.74 Å². The summed E-state index contributed by atoms with van der Waals surface area (Å²) < 4.78 is 20.9. The predicted molar refractivity (Wildman–Crippen MR) is 74.9 cm³/mol. The highest BCUT2D eigenvalue weighted by atomic mass is 16.5. The number of benzene rings is 2. The summed E-state index contributed by atoms with van der Waals surface area (Å²) in [7, 11) is 5.80. The molecule has 0 unspecified atom stereocenters. The Labute approximate surface area is 117 Å². The number of hydrogen-bond acceptors (Lipinski definition) is 5. The van der Waals surface area contributed by atoms with Crippen molar-refractivity contribution in [3.05, 3.63) is 29.8 Å². The number of ether oxygens (including phenoxy) is 4. The Morgan fingerprint density at radius 1 is 0.800 bits per heavy atom. The first kappa shape index (κ1) is 14.0. The van der Waals surface area contributed by atoms with Crippen LogP contribution in [0, 0.1) is 0 Å². The smallest absolute Gasteiger partial charge is 0.345 e. The van der Waals surface area contributed by atoms with Crippen molar-refractivity contribution in [2.45, 2.75) is 0 Å². The van der Waals surface area contributed by atoms with Gasteiger partial charge in [-0.25, -0.2) is 4.79 Å². The number of hydrogen-bond donors (Lipinski definition) is 0. The fraction of sp³-hybridized carbons (Fsp3) is 0.267. The van der Waals surface area contributed by atoms with Crippen LogP contribution >= 0.6 is 0 Å².